The van der Waals surface area contributed by atoms with Crippen molar-refractivity contribution in [1.82, 2.24) is 14.6 Å². The molecule has 0 unspecified atom stereocenters. The van der Waals surface area contributed by atoms with Crippen molar-refractivity contribution >= 4 is 32.6 Å². The van der Waals surface area contributed by atoms with Crippen molar-refractivity contribution in [2.45, 2.75) is 52.0 Å². The molecule has 4 N–H and O–H groups in total. The van der Waals surface area contributed by atoms with Crippen LogP contribution in [-0.4, -0.2) is 50.7 Å². The van der Waals surface area contributed by atoms with Gasteiger partial charge < -0.3 is 19.4 Å². The van der Waals surface area contributed by atoms with E-state index in [2.05, 4.69) is 34.8 Å². The lowest BCUT2D eigenvalue weighted by molar-refractivity contribution is 0.387. The van der Waals surface area contributed by atoms with Gasteiger partial charge in [-0.3, -0.25) is 10.8 Å². The average Bonchev–Trinajstić information content (AvgIpc) is 3.50. The predicted octanol–water partition coefficient (Wildman–Crippen LogP) is 7.88. The summed E-state index contributed by atoms with van der Waals surface area (Å²) in [5.74, 6) is 1.35. The van der Waals surface area contributed by atoms with Gasteiger partial charge >= 0.3 is 0 Å². The molecule has 4 aromatic carbocycles. The summed E-state index contributed by atoms with van der Waals surface area (Å²) in [6, 6.07) is 30.0. The van der Waals surface area contributed by atoms with Crippen molar-refractivity contribution in [3.05, 3.63) is 126 Å². The zero-order valence-electron chi connectivity index (χ0n) is 28.6. The van der Waals surface area contributed by atoms with E-state index in [0.29, 0.717) is 24.3 Å². The summed E-state index contributed by atoms with van der Waals surface area (Å²) in [5, 5.41) is 18.8. The molecule has 5 aromatic rings. The Kier molecular flexibility index (Phi) is 14.4. The fourth-order valence-electron chi connectivity index (χ4n) is 4.83. The molecule has 0 radical (unpaired) electrons. The van der Waals surface area contributed by atoms with E-state index < -0.39 is 10.0 Å². The predicted molar refractivity (Wildman–Crippen MR) is 196 cm³/mol. The Morgan fingerprint density at radius 3 is 2.15 bits per heavy atom. The van der Waals surface area contributed by atoms with Crippen molar-refractivity contribution in [3.8, 4) is 11.5 Å². The van der Waals surface area contributed by atoms with Crippen LogP contribution in [-0.2, 0) is 23.0 Å². The normalized spacial score (nSPS) is 10.6. The summed E-state index contributed by atoms with van der Waals surface area (Å²) in [6.07, 6.45) is 3.04. The molecule has 0 aliphatic rings. The Hall–Kier alpha value is -4.93. The van der Waals surface area contributed by atoms with Gasteiger partial charge in [0.15, 0.2) is 0 Å². The maximum absolute atomic E-state index is 12.8. The lowest BCUT2D eigenvalue weighted by atomic mass is 10.1. The molecular formula is C38H47N5O4S. The third kappa shape index (κ3) is 10.5. The molecule has 254 valence electrons. The SMILES string of the molecule is CC.COc1ccc(CN(C(=N)CCc2ccccc2)C(=N)CNS(=O)(=O)c2ccc(C)cc2)c(OC)c1.Cc1c[nH]c2ccccc12. The van der Waals surface area contributed by atoms with Crippen LogP contribution in [0.4, 0.5) is 0 Å². The van der Waals surface area contributed by atoms with E-state index in [4.69, 9.17) is 20.3 Å². The largest absolute Gasteiger partial charge is 0.497 e. The molecule has 0 aliphatic heterocycles. The molecule has 1 aromatic heterocycles. The monoisotopic (exact) mass is 669 g/mol. The van der Waals surface area contributed by atoms with Crippen LogP contribution in [0.3, 0.4) is 0 Å². The van der Waals surface area contributed by atoms with Gasteiger partial charge in [-0.25, -0.2) is 13.1 Å². The van der Waals surface area contributed by atoms with Crippen molar-refractivity contribution in [3.63, 3.8) is 0 Å². The maximum atomic E-state index is 12.8. The number of nitrogens with zero attached hydrogens (tertiary/aromatic N) is 1. The van der Waals surface area contributed by atoms with E-state index in [1.165, 1.54) is 33.5 Å². The first kappa shape index (κ1) is 37.5. The number of hydrogen-bond donors (Lipinski definition) is 4. The maximum Gasteiger partial charge on any atom is 0.240 e. The third-order valence-corrected chi connectivity index (χ3v) is 8.94. The van der Waals surface area contributed by atoms with Crippen LogP contribution in [0.1, 0.15) is 42.5 Å². The molecular weight excluding hydrogens is 623 g/mol. The lowest BCUT2D eigenvalue weighted by Gasteiger charge is -2.27. The van der Waals surface area contributed by atoms with E-state index in [9.17, 15) is 8.42 Å². The van der Waals surface area contributed by atoms with Gasteiger partial charge in [0.1, 0.15) is 23.2 Å². The smallest absolute Gasteiger partial charge is 0.240 e. The van der Waals surface area contributed by atoms with E-state index >= 15 is 0 Å². The first-order valence-electron chi connectivity index (χ1n) is 15.9. The van der Waals surface area contributed by atoms with Crippen molar-refractivity contribution in [2.24, 2.45) is 0 Å². The minimum atomic E-state index is -3.81. The number of H-pyrrole nitrogens is 1. The fourth-order valence-corrected chi connectivity index (χ4v) is 5.81. The number of sulfonamides is 1. The van der Waals surface area contributed by atoms with E-state index in [1.54, 1.807) is 38.5 Å². The Balaban J connectivity index is 0.000000435. The van der Waals surface area contributed by atoms with E-state index in [1.807, 2.05) is 69.4 Å². The summed E-state index contributed by atoms with van der Waals surface area (Å²) in [7, 11) is -0.699. The summed E-state index contributed by atoms with van der Waals surface area (Å²) >= 11 is 0. The highest BCUT2D eigenvalue weighted by Gasteiger charge is 2.21. The van der Waals surface area contributed by atoms with Gasteiger partial charge in [-0.15, -0.1) is 0 Å². The number of rotatable bonds is 11. The molecule has 0 amide bonds. The van der Waals surface area contributed by atoms with Crippen LogP contribution in [0, 0.1) is 24.7 Å². The second kappa shape index (κ2) is 18.4. The summed E-state index contributed by atoms with van der Waals surface area (Å²) in [5.41, 5.74) is 5.31. The number of methoxy groups -OCH3 is 2. The van der Waals surface area contributed by atoms with Crippen molar-refractivity contribution in [1.29, 1.82) is 10.8 Å². The van der Waals surface area contributed by atoms with Crippen LogP contribution >= 0.6 is 0 Å². The van der Waals surface area contributed by atoms with E-state index in [0.717, 1.165) is 16.7 Å². The number of para-hydroxylation sites is 1. The first-order valence-corrected chi connectivity index (χ1v) is 17.4. The molecule has 5 rings (SSSR count). The first-order chi connectivity index (χ1) is 23.1. The van der Waals surface area contributed by atoms with Gasteiger partial charge in [-0.1, -0.05) is 80.1 Å². The van der Waals surface area contributed by atoms with Crippen molar-refractivity contribution in [2.75, 3.05) is 20.8 Å². The number of aromatic nitrogens is 1. The molecule has 9 nitrogen and oxygen atoms in total. The number of aryl methyl sites for hydroxylation is 3. The van der Waals surface area contributed by atoms with Gasteiger partial charge in [0.2, 0.25) is 10.0 Å². The number of aromatic amines is 1. The highest BCUT2D eigenvalue weighted by molar-refractivity contribution is 7.89. The summed E-state index contributed by atoms with van der Waals surface area (Å²) in [4.78, 5) is 4.82. The third-order valence-electron chi connectivity index (χ3n) is 7.52. The molecule has 0 bridgehead atoms. The molecule has 48 heavy (non-hydrogen) atoms. The molecule has 10 heteroatoms. The summed E-state index contributed by atoms with van der Waals surface area (Å²) < 4.78 is 38.8. The standard InChI is InChI=1S/C27H32N4O4S.C9H9N.C2H6/c1-20-9-14-24(15-10-20)36(32,33)30-18-27(29)31(26(28)16-11-21-7-5-4-6-8-21)19-22-12-13-23(34-2)17-25(22)35-3;1-7-6-10-9-5-3-2-4-8(7)9;1-2/h4-10,12-15,17,28-30H,11,16,18-19H2,1-3H3;2-6,10H,1H3;1-2H3. The number of nitrogens with one attached hydrogen (secondary N) is 4. The van der Waals surface area contributed by atoms with Crippen LogP contribution in [0.15, 0.2) is 108 Å². The van der Waals surface area contributed by atoms with Crippen LogP contribution in [0.2, 0.25) is 0 Å². The molecule has 1 heterocycles. The number of benzene rings is 4. The lowest BCUT2D eigenvalue weighted by Crippen LogP contribution is -2.42. The van der Waals surface area contributed by atoms with Gasteiger partial charge in [0.25, 0.3) is 0 Å². The second-order valence-electron chi connectivity index (χ2n) is 10.8. The van der Waals surface area contributed by atoms with Crippen LogP contribution in [0.5, 0.6) is 11.5 Å². The summed E-state index contributed by atoms with van der Waals surface area (Å²) in [6.45, 7) is 7.90. The Labute approximate surface area is 285 Å². The quantitative estimate of drug-likeness (QED) is 0.0839. The van der Waals surface area contributed by atoms with Gasteiger partial charge in [0, 0.05) is 35.2 Å². The number of ether oxygens (including phenoxy) is 2. The highest BCUT2D eigenvalue weighted by Crippen LogP contribution is 2.26. The van der Waals surface area contributed by atoms with E-state index in [-0.39, 0.29) is 29.7 Å². The van der Waals surface area contributed by atoms with Gasteiger partial charge in [-0.05, 0) is 61.7 Å². The number of hydrogen-bond acceptors (Lipinski definition) is 6. The van der Waals surface area contributed by atoms with Crippen molar-refractivity contribution < 1.29 is 17.9 Å². The number of fused-ring (bicyclic) bond motifs is 1. The Morgan fingerprint density at radius 2 is 1.50 bits per heavy atom. The molecule has 0 spiro atoms. The highest BCUT2D eigenvalue weighted by atomic mass is 32.2. The molecule has 0 atom stereocenters. The van der Waals surface area contributed by atoms with Gasteiger partial charge in [-0.2, -0.15) is 0 Å². The molecule has 0 aliphatic carbocycles. The Bertz CT molecular complexity index is 1870. The fraction of sp³-hybridized carbons (Fsp3) is 0.263. The second-order valence-corrected chi connectivity index (χ2v) is 12.6. The Morgan fingerprint density at radius 1 is 0.833 bits per heavy atom. The average molecular weight is 670 g/mol. The molecule has 0 saturated heterocycles. The minimum Gasteiger partial charge on any atom is -0.497 e. The molecule has 0 fully saturated rings. The topological polar surface area (TPSA) is 131 Å². The minimum absolute atomic E-state index is 0.0402. The number of amidine groups is 2. The zero-order chi connectivity index (χ0) is 35.1. The van der Waals surface area contributed by atoms with Crippen LogP contribution in [0.25, 0.3) is 10.9 Å². The van der Waals surface area contributed by atoms with Gasteiger partial charge in [0.05, 0.1) is 32.2 Å². The molecule has 0 saturated carbocycles. The van der Waals surface area contributed by atoms with Crippen LogP contribution < -0.4 is 14.2 Å². The zero-order valence-corrected chi connectivity index (χ0v) is 29.4.